The number of urea groups is 1. The van der Waals surface area contributed by atoms with Gasteiger partial charge >= 0.3 is 6.03 Å². The third kappa shape index (κ3) is 3.81. The SMILES string of the molecule is CCN(CC)C(=O)NCCc1nc(-c2ccccc2F)no1. The van der Waals surface area contributed by atoms with Gasteiger partial charge in [0.25, 0.3) is 0 Å². The van der Waals surface area contributed by atoms with Crippen molar-refractivity contribution in [3.8, 4) is 11.4 Å². The first-order valence-electron chi connectivity index (χ1n) is 7.26. The smallest absolute Gasteiger partial charge is 0.317 e. The number of rotatable bonds is 6. The van der Waals surface area contributed by atoms with Crippen LogP contribution in [0.25, 0.3) is 11.4 Å². The van der Waals surface area contributed by atoms with Gasteiger partial charge in [0.2, 0.25) is 11.7 Å². The molecule has 0 atom stereocenters. The summed E-state index contributed by atoms with van der Waals surface area (Å²) in [5.74, 6) is 0.172. The Morgan fingerprint density at radius 1 is 1.32 bits per heavy atom. The first-order valence-corrected chi connectivity index (χ1v) is 7.26. The van der Waals surface area contributed by atoms with Crippen molar-refractivity contribution < 1.29 is 13.7 Å². The van der Waals surface area contributed by atoms with E-state index in [9.17, 15) is 9.18 Å². The van der Waals surface area contributed by atoms with E-state index in [-0.39, 0.29) is 11.9 Å². The second kappa shape index (κ2) is 7.53. The number of nitrogens with one attached hydrogen (secondary N) is 1. The van der Waals surface area contributed by atoms with Gasteiger partial charge in [0.1, 0.15) is 5.82 Å². The Bertz CT molecular complexity index is 626. The van der Waals surface area contributed by atoms with Gasteiger partial charge < -0.3 is 14.7 Å². The third-order valence-corrected chi connectivity index (χ3v) is 3.25. The van der Waals surface area contributed by atoms with Gasteiger partial charge in [-0.15, -0.1) is 0 Å². The second-order valence-corrected chi connectivity index (χ2v) is 4.65. The predicted molar refractivity (Wildman–Crippen MR) is 79.7 cm³/mol. The number of aromatic nitrogens is 2. The molecule has 0 spiro atoms. The van der Waals surface area contributed by atoms with Crippen LogP contribution in [0.15, 0.2) is 28.8 Å². The van der Waals surface area contributed by atoms with Crippen molar-refractivity contribution in [1.29, 1.82) is 0 Å². The number of benzene rings is 1. The fourth-order valence-electron chi connectivity index (χ4n) is 2.01. The largest absolute Gasteiger partial charge is 0.339 e. The van der Waals surface area contributed by atoms with Crippen molar-refractivity contribution in [2.45, 2.75) is 20.3 Å². The van der Waals surface area contributed by atoms with Gasteiger partial charge in [-0.25, -0.2) is 9.18 Å². The molecule has 1 aromatic carbocycles. The summed E-state index contributed by atoms with van der Waals surface area (Å²) < 4.78 is 18.7. The molecule has 0 saturated heterocycles. The normalized spacial score (nSPS) is 10.5. The molecule has 1 heterocycles. The molecule has 0 radical (unpaired) electrons. The van der Waals surface area contributed by atoms with Crippen molar-refractivity contribution in [1.82, 2.24) is 20.4 Å². The molecule has 0 bridgehead atoms. The molecule has 0 saturated carbocycles. The Labute approximate surface area is 128 Å². The zero-order valence-corrected chi connectivity index (χ0v) is 12.7. The molecule has 2 amide bonds. The lowest BCUT2D eigenvalue weighted by Crippen LogP contribution is -2.40. The minimum Gasteiger partial charge on any atom is -0.339 e. The molecule has 2 rings (SSSR count). The topological polar surface area (TPSA) is 71.3 Å². The van der Waals surface area contributed by atoms with Gasteiger partial charge in [0.15, 0.2) is 0 Å². The van der Waals surface area contributed by atoms with Crippen LogP contribution in [0.1, 0.15) is 19.7 Å². The minimum absolute atomic E-state index is 0.126. The molecule has 1 N–H and O–H groups in total. The van der Waals surface area contributed by atoms with Crippen LogP contribution in [0.2, 0.25) is 0 Å². The van der Waals surface area contributed by atoms with E-state index >= 15 is 0 Å². The maximum Gasteiger partial charge on any atom is 0.317 e. The Hall–Kier alpha value is -2.44. The summed E-state index contributed by atoms with van der Waals surface area (Å²) in [7, 11) is 0. The molecule has 0 unspecified atom stereocenters. The van der Waals surface area contributed by atoms with Crippen LogP contribution >= 0.6 is 0 Å². The van der Waals surface area contributed by atoms with E-state index in [4.69, 9.17) is 4.52 Å². The van der Waals surface area contributed by atoms with E-state index in [1.807, 2.05) is 13.8 Å². The van der Waals surface area contributed by atoms with Gasteiger partial charge in [0, 0.05) is 26.1 Å². The monoisotopic (exact) mass is 306 g/mol. The van der Waals surface area contributed by atoms with E-state index in [1.165, 1.54) is 6.07 Å². The maximum absolute atomic E-state index is 13.6. The van der Waals surface area contributed by atoms with Crippen molar-refractivity contribution in [2.75, 3.05) is 19.6 Å². The minimum atomic E-state index is -0.398. The number of hydrogen-bond donors (Lipinski definition) is 1. The standard InChI is InChI=1S/C15H19FN4O2/c1-3-20(4-2)15(21)17-10-9-13-18-14(19-22-13)11-7-5-6-8-12(11)16/h5-8H,3-4,9-10H2,1-2H3,(H,17,21). The van der Waals surface area contributed by atoms with Crippen LogP contribution in [0, 0.1) is 5.82 Å². The Balaban J connectivity index is 1.91. The summed E-state index contributed by atoms with van der Waals surface area (Å²) >= 11 is 0. The second-order valence-electron chi connectivity index (χ2n) is 4.65. The van der Waals surface area contributed by atoms with Crippen molar-refractivity contribution in [3.05, 3.63) is 36.0 Å². The first-order chi connectivity index (χ1) is 10.7. The zero-order valence-electron chi connectivity index (χ0n) is 12.7. The van der Waals surface area contributed by atoms with Crippen LogP contribution in [-0.2, 0) is 6.42 Å². The number of carbonyl (C=O) groups excluding carboxylic acids is 1. The Morgan fingerprint density at radius 3 is 2.73 bits per heavy atom. The number of carbonyl (C=O) groups is 1. The molecule has 0 aliphatic rings. The highest BCUT2D eigenvalue weighted by atomic mass is 19.1. The molecule has 0 aliphatic heterocycles. The molecule has 1 aromatic heterocycles. The average molecular weight is 306 g/mol. The molecule has 22 heavy (non-hydrogen) atoms. The third-order valence-electron chi connectivity index (χ3n) is 3.25. The van der Waals surface area contributed by atoms with Crippen LogP contribution in [0.5, 0.6) is 0 Å². The summed E-state index contributed by atoms with van der Waals surface area (Å²) in [6.07, 6.45) is 0.397. The summed E-state index contributed by atoms with van der Waals surface area (Å²) in [5, 5.41) is 6.54. The van der Waals surface area contributed by atoms with E-state index in [1.54, 1.807) is 23.1 Å². The van der Waals surface area contributed by atoms with E-state index in [0.29, 0.717) is 37.5 Å². The number of halogens is 1. The van der Waals surface area contributed by atoms with Gasteiger partial charge in [-0.2, -0.15) is 4.98 Å². The fraction of sp³-hybridized carbons (Fsp3) is 0.400. The maximum atomic E-state index is 13.6. The van der Waals surface area contributed by atoms with Crippen LogP contribution in [-0.4, -0.2) is 40.7 Å². The van der Waals surface area contributed by atoms with Gasteiger partial charge in [-0.3, -0.25) is 0 Å². The van der Waals surface area contributed by atoms with Gasteiger partial charge in [0.05, 0.1) is 5.56 Å². The van der Waals surface area contributed by atoms with Crippen molar-refractivity contribution >= 4 is 6.03 Å². The quantitative estimate of drug-likeness (QED) is 0.890. The zero-order chi connectivity index (χ0) is 15.9. The molecule has 0 aliphatic carbocycles. The summed E-state index contributed by atoms with van der Waals surface area (Å²) in [5.41, 5.74) is 0.296. The fourth-order valence-corrected chi connectivity index (χ4v) is 2.01. The lowest BCUT2D eigenvalue weighted by molar-refractivity contribution is 0.203. The molecule has 6 nitrogen and oxygen atoms in total. The molecular formula is C15H19FN4O2. The van der Waals surface area contributed by atoms with E-state index in [0.717, 1.165) is 0 Å². The molecule has 7 heteroatoms. The van der Waals surface area contributed by atoms with Crippen molar-refractivity contribution in [2.24, 2.45) is 0 Å². The van der Waals surface area contributed by atoms with Crippen molar-refractivity contribution in [3.63, 3.8) is 0 Å². The summed E-state index contributed by atoms with van der Waals surface area (Å²) in [4.78, 5) is 17.6. The van der Waals surface area contributed by atoms with Crippen LogP contribution in [0.3, 0.4) is 0 Å². The lowest BCUT2D eigenvalue weighted by atomic mass is 10.2. The molecule has 0 fully saturated rings. The molecule has 118 valence electrons. The van der Waals surface area contributed by atoms with Gasteiger partial charge in [-0.05, 0) is 26.0 Å². The predicted octanol–water partition coefficient (Wildman–Crippen LogP) is 2.47. The molecular weight excluding hydrogens is 287 g/mol. The summed E-state index contributed by atoms with van der Waals surface area (Å²) in [6, 6.07) is 6.11. The van der Waals surface area contributed by atoms with Crippen LogP contribution < -0.4 is 5.32 Å². The first kappa shape index (κ1) is 15.9. The Kier molecular flexibility index (Phi) is 5.46. The van der Waals surface area contributed by atoms with Gasteiger partial charge in [-0.1, -0.05) is 17.3 Å². The number of hydrogen-bond acceptors (Lipinski definition) is 4. The highest BCUT2D eigenvalue weighted by Gasteiger charge is 2.13. The highest BCUT2D eigenvalue weighted by Crippen LogP contribution is 2.19. The average Bonchev–Trinajstić information content (AvgIpc) is 2.97. The van der Waals surface area contributed by atoms with E-state index < -0.39 is 5.82 Å². The molecule has 2 aromatic rings. The van der Waals surface area contributed by atoms with E-state index in [2.05, 4.69) is 15.5 Å². The Morgan fingerprint density at radius 2 is 2.05 bits per heavy atom. The number of nitrogens with zero attached hydrogens (tertiary/aromatic N) is 3. The highest BCUT2D eigenvalue weighted by molar-refractivity contribution is 5.74. The summed E-state index contributed by atoms with van der Waals surface area (Å²) in [6.45, 7) is 5.53. The lowest BCUT2D eigenvalue weighted by Gasteiger charge is -2.18. The van der Waals surface area contributed by atoms with Crippen LogP contribution in [0.4, 0.5) is 9.18 Å². The number of amides is 2.